The average molecular weight is 703 g/mol. The molecule has 1 fully saturated rings. The van der Waals surface area contributed by atoms with Gasteiger partial charge in [0, 0.05) is 57.0 Å². The Labute approximate surface area is 303 Å². The van der Waals surface area contributed by atoms with Gasteiger partial charge in [-0.25, -0.2) is 14.4 Å². The van der Waals surface area contributed by atoms with Crippen LogP contribution in [0.4, 0.5) is 4.39 Å². The lowest BCUT2D eigenvalue weighted by molar-refractivity contribution is -0.0697. The van der Waals surface area contributed by atoms with Gasteiger partial charge in [-0.1, -0.05) is 60.7 Å². The first-order valence-corrected chi connectivity index (χ1v) is 17.8. The molecule has 3 aromatic carbocycles. The van der Waals surface area contributed by atoms with E-state index < -0.39 is 0 Å². The second-order valence-electron chi connectivity index (χ2n) is 13.0. The van der Waals surface area contributed by atoms with E-state index >= 15 is 0 Å². The van der Waals surface area contributed by atoms with Gasteiger partial charge >= 0.3 is 0 Å². The number of carbonyl (C=O) groups excluding carboxylic acids is 1. The monoisotopic (exact) mass is 702 g/mol. The van der Waals surface area contributed by atoms with Crippen molar-refractivity contribution in [1.29, 1.82) is 0 Å². The number of aromatic nitrogens is 3. The fraction of sp³-hybridized carbons (Fsp3) is 0.293. The van der Waals surface area contributed by atoms with Crippen molar-refractivity contribution < 1.29 is 23.2 Å². The molecule has 1 aliphatic heterocycles. The highest BCUT2D eigenvalue weighted by molar-refractivity contribution is 5.94. The van der Waals surface area contributed by atoms with Gasteiger partial charge in [-0.3, -0.25) is 14.1 Å². The van der Waals surface area contributed by atoms with Crippen LogP contribution in [-0.2, 0) is 17.6 Å². The zero-order chi connectivity index (χ0) is 35.7. The molecule has 52 heavy (non-hydrogen) atoms. The number of hydroxylamine groups is 2. The number of fused-ring (bicyclic) bond motifs is 1. The molecule has 1 aliphatic rings. The van der Waals surface area contributed by atoms with Crippen molar-refractivity contribution in [3.63, 3.8) is 0 Å². The zero-order valence-electron chi connectivity index (χ0n) is 29.4. The minimum absolute atomic E-state index is 0.189. The first kappa shape index (κ1) is 35.1. The van der Waals surface area contributed by atoms with Crippen molar-refractivity contribution in [3.05, 3.63) is 144 Å². The minimum atomic E-state index is -0.380. The molecule has 4 heterocycles. The smallest absolute Gasteiger partial charge is 0.253 e. The van der Waals surface area contributed by atoms with Crippen molar-refractivity contribution >= 4 is 11.6 Å². The summed E-state index contributed by atoms with van der Waals surface area (Å²) >= 11 is 0. The van der Waals surface area contributed by atoms with Gasteiger partial charge in [0.25, 0.3) is 5.91 Å². The lowest BCUT2D eigenvalue weighted by Gasteiger charge is -2.29. The molecule has 6 aromatic rings. The molecule has 0 N–H and O–H groups in total. The summed E-state index contributed by atoms with van der Waals surface area (Å²) in [6.45, 7) is 5.57. The normalized spacial score (nSPS) is 13.5. The maximum Gasteiger partial charge on any atom is 0.253 e. The molecule has 1 saturated heterocycles. The van der Waals surface area contributed by atoms with Crippen LogP contribution in [0.2, 0.25) is 0 Å². The van der Waals surface area contributed by atoms with E-state index in [0.29, 0.717) is 55.3 Å². The van der Waals surface area contributed by atoms with Crippen LogP contribution in [0.15, 0.2) is 114 Å². The third-order valence-corrected chi connectivity index (χ3v) is 9.23. The summed E-state index contributed by atoms with van der Waals surface area (Å²) in [6, 6.07) is 29.8. The van der Waals surface area contributed by atoms with Crippen molar-refractivity contribution in [2.24, 2.45) is 0 Å². The van der Waals surface area contributed by atoms with Crippen LogP contribution in [0, 0.1) is 5.82 Å². The highest BCUT2D eigenvalue weighted by Gasteiger charge is 2.24. The lowest BCUT2D eigenvalue weighted by Crippen LogP contribution is -2.41. The number of hydrogen-bond acceptors (Lipinski definition) is 8. The molecule has 0 atom stereocenters. The van der Waals surface area contributed by atoms with Gasteiger partial charge in [0.15, 0.2) is 5.65 Å². The van der Waals surface area contributed by atoms with Crippen LogP contribution in [0.3, 0.4) is 0 Å². The number of rotatable bonds is 15. The van der Waals surface area contributed by atoms with E-state index in [-0.39, 0.29) is 11.7 Å². The average Bonchev–Trinajstić information content (AvgIpc) is 3.82. The van der Waals surface area contributed by atoms with Gasteiger partial charge in [-0.2, -0.15) is 0 Å². The fourth-order valence-corrected chi connectivity index (χ4v) is 6.38. The third kappa shape index (κ3) is 8.74. The molecule has 0 spiro atoms. The molecule has 7 rings (SSSR count). The molecule has 268 valence electrons. The van der Waals surface area contributed by atoms with Crippen LogP contribution in [-0.4, -0.2) is 94.7 Å². The van der Waals surface area contributed by atoms with E-state index in [1.807, 2.05) is 76.3 Å². The van der Waals surface area contributed by atoms with Gasteiger partial charge < -0.3 is 18.9 Å². The van der Waals surface area contributed by atoms with Crippen molar-refractivity contribution in [1.82, 2.24) is 29.2 Å². The highest BCUT2D eigenvalue weighted by Crippen LogP contribution is 2.30. The van der Waals surface area contributed by atoms with E-state index in [2.05, 4.69) is 17.0 Å². The van der Waals surface area contributed by atoms with E-state index in [0.717, 1.165) is 67.5 Å². The molecule has 0 bridgehead atoms. The zero-order valence-corrected chi connectivity index (χ0v) is 29.4. The number of likely N-dealkylation sites (N-methyl/N-ethyl adjacent to an activating group) is 1. The number of amides is 1. The summed E-state index contributed by atoms with van der Waals surface area (Å²) in [4.78, 5) is 34.5. The van der Waals surface area contributed by atoms with E-state index in [4.69, 9.17) is 24.0 Å². The van der Waals surface area contributed by atoms with Crippen LogP contribution in [0.25, 0.3) is 16.9 Å². The summed E-state index contributed by atoms with van der Waals surface area (Å²) in [5, 5.41) is 1.92. The molecule has 1 amide bonds. The van der Waals surface area contributed by atoms with Gasteiger partial charge in [0.1, 0.15) is 17.3 Å². The molecule has 3 aromatic heterocycles. The molecule has 11 heteroatoms. The number of morpholine rings is 1. The van der Waals surface area contributed by atoms with Crippen molar-refractivity contribution in [2.45, 2.75) is 19.3 Å². The molecule has 0 radical (unpaired) electrons. The summed E-state index contributed by atoms with van der Waals surface area (Å²) < 4.78 is 26.9. The number of ether oxygens (including phenoxy) is 1. The SMILES string of the molecule is CN(CCN(CCCN1CCOCC1)Oc1c(Cc2ccco2)nc2c(Cc3ccccc3)nc(-c3ccccc3)cn12)C(=O)c1ccc(F)cc1. The van der Waals surface area contributed by atoms with Crippen LogP contribution < -0.4 is 4.84 Å². The van der Waals surface area contributed by atoms with Gasteiger partial charge in [-0.05, 0) is 54.9 Å². The van der Waals surface area contributed by atoms with E-state index in [1.165, 1.54) is 24.3 Å². The topological polar surface area (TPSA) is 88.6 Å². The number of imidazole rings is 1. The van der Waals surface area contributed by atoms with Gasteiger partial charge in [0.05, 0.1) is 43.8 Å². The second kappa shape index (κ2) is 16.8. The van der Waals surface area contributed by atoms with Crippen LogP contribution in [0.1, 0.15) is 39.5 Å². The number of nitrogens with zero attached hydrogens (tertiary/aromatic N) is 6. The Balaban J connectivity index is 1.24. The molecule has 10 nitrogen and oxygen atoms in total. The maximum absolute atomic E-state index is 13.6. The number of benzene rings is 3. The van der Waals surface area contributed by atoms with Gasteiger partial charge in [0.2, 0.25) is 5.88 Å². The first-order chi connectivity index (χ1) is 25.5. The first-order valence-electron chi connectivity index (χ1n) is 17.8. The number of halogens is 1. The molecule has 0 unspecified atom stereocenters. The molecule has 0 saturated carbocycles. The largest absolute Gasteiger partial charge is 0.469 e. The van der Waals surface area contributed by atoms with Gasteiger partial charge in [-0.15, -0.1) is 5.06 Å². The van der Waals surface area contributed by atoms with Crippen molar-refractivity contribution in [3.8, 4) is 17.1 Å². The van der Waals surface area contributed by atoms with Crippen molar-refractivity contribution in [2.75, 3.05) is 59.5 Å². The Morgan fingerprint density at radius 2 is 1.60 bits per heavy atom. The predicted octanol–water partition coefficient (Wildman–Crippen LogP) is 6.40. The highest BCUT2D eigenvalue weighted by atomic mass is 19.1. The fourth-order valence-electron chi connectivity index (χ4n) is 6.38. The van der Waals surface area contributed by atoms with Crippen LogP contribution >= 0.6 is 0 Å². The second-order valence-corrected chi connectivity index (χ2v) is 13.0. The van der Waals surface area contributed by atoms with E-state index in [1.54, 1.807) is 18.2 Å². The quantitative estimate of drug-likeness (QED) is 0.114. The number of carbonyl (C=O) groups is 1. The molecular weight excluding hydrogens is 659 g/mol. The molecule has 0 aliphatic carbocycles. The third-order valence-electron chi connectivity index (χ3n) is 9.23. The Bertz CT molecular complexity index is 2030. The summed E-state index contributed by atoms with van der Waals surface area (Å²) in [5.41, 5.74) is 5.58. The van der Waals surface area contributed by atoms with Crippen LogP contribution in [0.5, 0.6) is 5.88 Å². The standard InChI is InChI=1S/C41H43FN6O4/c1-45(40(49)33-15-17-34(42)18-16-33)21-22-47(20-9-19-46-23-26-50-27-24-46)52-41-37(29-35-14-8-25-51-35)44-39-36(28-31-10-4-2-5-11-31)43-38(30-48(39)41)32-12-6-3-7-13-32/h2-8,10-18,25,30H,9,19-24,26-29H2,1H3. The molecular formula is C41H43FN6O4. The lowest BCUT2D eigenvalue weighted by atomic mass is 10.1. The summed E-state index contributed by atoms with van der Waals surface area (Å²) in [6.07, 6.45) is 5.49. The van der Waals surface area contributed by atoms with E-state index in [9.17, 15) is 9.18 Å². The summed E-state index contributed by atoms with van der Waals surface area (Å²) in [5.74, 6) is 0.762. The number of hydrogen-bond donors (Lipinski definition) is 0. The summed E-state index contributed by atoms with van der Waals surface area (Å²) in [7, 11) is 1.75. The Morgan fingerprint density at radius 3 is 2.33 bits per heavy atom. The maximum atomic E-state index is 13.6. The minimum Gasteiger partial charge on any atom is -0.469 e. The predicted molar refractivity (Wildman–Crippen MR) is 197 cm³/mol. The Morgan fingerprint density at radius 1 is 0.846 bits per heavy atom. The Kier molecular flexibility index (Phi) is 11.3. The number of furan rings is 1. The Hall–Kier alpha value is -5.36.